The van der Waals surface area contributed by atoms with Crippen molar-refractivity contribution in [2.45, 2.75) is 43.1 Å². The van der Waals surface area contributed by atoms with Crippen molar-refractivity contribution in [2.75, 3.05) is 25.6 Å². The van der Waals surface area contributed by atoms with E-state index < -0.39 is 50.8 Å². The second kappa shape index (κ2) is 11.7. The molecule has 2 aliphatic heterocycles. The van der Waals surface area contributed by atoms with Crippen LogP contribution in [-0.4, -0.2) is 72.8 Å². The van der Waals surface area contributed by atoms with Gasteiger partial charge in [0, 0.05) is 18.2 Å². The van der Waals surface area contributed by atoms with E-state index in [0.29, 0.717) is 23.1 Å². The molecule has 2 bridgehead atoms. The minimum absolute atomic E-state index is 0.0523. The maximum atomic E-state index is 13.4. The van der Waals surface area contributed by atoms with Gasteiger partial charge < -0.3 is 40.0 Å². The lowest BCUT2D eigenvalue weighted by Gasteiger charge is -2.45. The Balaban J connectivity index is 1.27. The molecule has 3 aliphatic rings. The summed E-state index contributed by atoms with van der Waals surface area (Å²) in [6, 6.07) is 2.82. The standard InChI is InChI=1S/C22H29N7O9P2S2/c23-20-16-22(27-8-26-20)29(9-28-16)14-4-11-5-34-40(33,42)38-19-17(30)15(7-36-39(32,41)35-6-12(11)14)37-18(19)10-1-2-25-13(3-10)21(24)31/h1-3,8-9,11-12,14-15,17-19,21,30-31H,4-7,24H2,(H,32,41)(H,33,42)(H2,23,26,27)/t11-,12-,14-,15-,17-,18+,19-,21?,39-,40-/m1/s1. The second-order valence-corrected chi connectivity index (χ2v) is 16.0. The monoisotopic (exact) mass is 661 g/mol. The van der Waals surface area contributed by atoms with Crippen LogP contribution in [0.3, 0.4) is 0 Å². The second-order valence-electron chi connectivity index (χ2n) is 10.2. The van der Waals surface area contributed by atoms with Crippen LogP contribution in [0.25, 0.3) is 11.2 Å². The molecule has 10 atom stereocenters. The first kappa shape index (κ1) is 30.4. The van der Waals surface area contributed by atoms with Gasteiger partial charge in [-0.2, -0.15) is 0 Å². The summed E-state index contributed by atoms with van der Waals surface area (Å²) in [4.78, 5) is 16.6. The highest BCUT2D eigenvalue weighted by Crippen LogP contribution is 2.60. The van der Waals surface area contributed by atoms with E-state index in [9.17, 15) is 19.3 Å². The lowest BCUT2D eigenvalue weighted by Crippen LogP contribution is -2.43. The van der Waals surface area contributed by atoms with Gasteiger partial charge in [0.05, 0.1) is 31.8 Å². The lowest BCUT2D eigenvalue weighted by atomic mass is 9.70. The zero-order chi connectivity index (χ0) is 29.8. The van der Waals surface area contributed by atoms with E-state index in [-0.39, 0.29) is 42.6 Å². The Morgan fingerprint density at radius 3 is 2.62 bits per heavy atom. The Morgan fingerprint density at radius 1 is 1.07 bits per heavy atom. The number of nitrogen functional groups attached to an aromatic ring is 1. The number of anilines is 1. The largest absolute Gasteiger partial charge is 0.387 e. The fourth-order valence-corrected chi connectivity index (χ4v) is 8.15. The summed E-state index contributed by atoms with van der Waals surface area (Å²) in [5.41, 5.74) is 13.0. The highest BCUT2D eigenvalue weighted by atomic mass is 32.7. The van der Waals surface area contributed by atoms with Gasteiger partial charge in [0.25, 0.3) is 0 Å². The Labute approximate surface area is 249 Å². The number of hydrogen-bond acceptors (Lipinski definition) is 15. The zero-order valence-electron chi connectivity index (χ0n) is 21.8. The number of nitrogens with zero attached hydrogens (tertiary/aromatic N) is 5. The molecular formula is C22H29N7O9P2S2. The molecule has 20 heteroatoms. The van der Waals surface area contributed by atoms with Gasteiger partial charge in [-0.1, -0.05) is 24.5 Å². The van der Waals surface area contributed by atoms with Crippen LogP contribution in [0.4, 0.5) is 5.82 Å². The van der Waals surface area contributed by atoms with Crippen molar-refractivity contribution >= 4 is 55.1 Å². The van der Waals surface area contributed by atoms with E-state index in [4.69, 9.17) is 34.3 Å². The van der Waals surface area contributed by atoms with Crippen LogP contribution in [0, 0.1) is 11.8 Å². The number of imidazole rings is 1. The van der Waals surface area contributed by atoms with Crippen molar-refractivity contribution in [2.24, 2.45) is 17.6 Å². The Hall–Kier alpha value is -1.66. The fourth-order valence-electron chi connectivity index (χ4n) is 5.47. The Kier molecular flexibility index (Phi) is 8.45. The Morgan fingerprint density at radius 2 is 1.83 bits per heavy atom. The smallest absolute Gasteiger partial charge is 0.386 e. The highest BCUT2D eigenvalue weighted by molar-refractivity contribution is 8.44. The summed E-state index contributed by atoms with van der Waals surface area (Å²) in [7, 11) is 0. The molecule has 0 aromatic carbocycles. The van der Waals surface area contributed by atoms with Gasteiger partial charge in [-0.25, -0.2) is 24.1 Å². The van der Waals surface area contributed by atoms with Crippen molar-refractivity contribution < 1.29 is 42.2 Å². The first-order chi connectivity index (χ1) is 19.9. The molecule has 0 amide bonds. The molecule has 16 nitrogen and oxygen atoms in total. The van der Waals surface area contributed by atoms with Crippen LogP contribution in [0.1, 0.15) is 36.1 Å². The molecule has 0 radical (unpaired) electrons. The molecule has 0 spiro atoms. The number of thiol groups is 2. The molecule has 228 valence electrons. The molecule has 6 rings (SSSR count). The maximum absolute atomic E-state index is 13.4. The third kappa shape index (κ3) is 6.01. The van der Waals surface area contributed by atoms with E-state index in [1.807, 2.05) is 4.57 Å². The van der Waals surface area contributed by atoms with Gasteiger partial charge >= 0.3 is 13.6 Å². The van der Waals surface area contributed by atoms with Crippen LogP contribution in [-0.2, 0) is 32.0 Å². The number of pyridine rings is 1. The summed E-state index contributed by atoms with van der Waals surface area (Å²) in [5.74, 6) is -0.293. The van der Waals surface area contributed by atoms with Gasteiger partial charge in [0.15, 0.2) is 11.5 Å². The zero-order valence-corrected chi connectivity index (χ0v) is 25.3. The predicted molar refractivity (Wildman–Crippen MR) is 153 cm³/mol. The summed E-state index contributed by atoms with van der Waals surface area (Å²) in [5, 5.41) is 20.8. The van der Waals surface area contributed by atoms with Crippen LogP contribution in [0.5, 0.6) is 0 Å². The molecule has 2 saturated heterocycles. The molecule has 3 fully saturated rings. The first-order valence-corrected chi connectivity index (χ1v) is 18.2. The Bertz CT molecular complexity index is 1570. The van der Waals surface area contributed by atoms with E-state index in [1.165, 1.54) is 18.6 Å². The van der Waals surface area contributed by atoms with Crippen molar-refractivity contribution in [3.63, 3.8) is 0 Å². The third-order valence-corrected chi connectivity index (χ3v) is 11.0. The van der Waals surface area contributed by atoms with E-state index in [1.54, 1.807) is 12.4 Å². The van der Waals surface area contributed by atoms with Gasteiger partial charge in [-0.15, -0.1) is 0 Å². The lowest BCUT2D eigenvalue weighted by molar-refractivity contribution is -0.0239. The predicted octanol–water partition coefficient (Wildman–Crippen LogP) is 1.96. The topological polar surface area (TPSA) is 229 Å². The molecule has 6 N–H and O–H groups in total. The molecule has 3 aromatic rings. The summed E-state index contributed by atoms with van der Waals surface area (Å²) in [6.45, 7) is -8.49. The number of aliphatic hydroxyl groups excluding tert-OH is 2. The molecule has 3 aromatic heterocycles. The van der Waals surface area contributed by atoms with E-state index in [2.05, 4.69) is 44.4 Å². The number of aromatic nitrogens is 5. The van der Waals surface area contributed by atoms with Gasteiger partial charge in [0.2, 0.25) is 0 Å². The third-order valence-electron chi connectivity index (χ3n) is 7.70. The molecular weight excluding hydrogens is 632 g/mol. The number of aliphatic hydroxyl groups is 2. The average molecular weight is 662 g/mol. The number of rotatable bonds is 3. The fraction of sp³-hybridized carbons (Fsp3) is 0.545. The average Bonchev–Trinajstić information content (AvgIpc) is 3.48. The van der Waals surface area contributed by atoms with Gasteiger partial charge in [-0.3, -0.25) is 14.0 Å². The van der Waals surface area contributed by atoms with Crippen molar-refractivity contribution in [1.29, 1.82) is 0 Å². The first-order valence-electron chi connectivity index (χ1n) is 12.9. The molecule has 5 heterocycles. The number of fused-ring (bicyclic) bond motifs is 4. The van der Waals surface area contributed by atoms with E-state index >= 15 is 0 Å². The van der Waals surface area contributed by atoms with Gasteiger partial charge in [-0.05, 0) is 30.0 Å². The van der Waals surface area contributed by atoms with E-state index in [0.717, 1.165) is 0 Å². The quantitative estimate of drug-likeness (QED) is 0.134. The molecule has 1 unspecified atom stereocenters. The van der Waals surface area contributed by atoms with Crippen molar-refractivity contribution in [1.82, 2.24) is 24.5 Å². The van der Waals surface area contributed by atoms with Crippen molar-refractivity contribution in [3.8, 4) is 0 Å². The SMILES string of the molecule is Nc1ncnc2c1ncn2[C@@H]1C[C@@H]2CO[P@@](=O)(S)O[C@@H]3[C@H](O)[C@@H](CO[P@](=O)(S)OC[C@H]21)O[C@H]3c1ccnc(C(N)O)c1. The summed E-state index contributed by atoms with van der Waals surface area (Å²) < 4.78 is 57.0. The van der Waals surface area contributed by atoms with Crippen LogP contribution in [0.15, 0.2) is 31.0 Å². The minimum atomic E-state index is -4.06. The van der Waals surface area contributed by atoms with Gasteiger partial charge in [0.1, 0.15) is 42.5 Å². The number of hydrogen-bond donors (Lipinski definition) is 6. The maximum Gasteiger partial charge on any atom is 0.386 e. The number of ether oxygens (including phenoxy) is 1. The minimum Gasteiger partial charge on any atom is -0.387 e. The van der Waals surface area contributed by atoms with Crippen LogP contribution >= 0.6 is 38.1 Å². The summed E-state index contributed by atoms with van der Waals surface area (Å²) >= 11 is 8.30. The normalized spacial score (nSPS) is 38.4. The van der Waals surface area contributed by atoms with Crippen LogP contribution in [0.2, 0.25) is 0 Å². The van der Waals surface area contributed by atoms with Crippen molar-refractivity contribution in [3.05, 3.63) is 42.2 Å². The highest BCUT2D eigenvalue weighted by Gasteiger charge is 2.50. The summed E-state index contributed by atoms with van der Waals surface area (Å²) in [6.07, 6.45) is -1.27. The van der Waals surface area contributed by atoms with Crippen LogP contribution < -0.4 is 11.5 Å². The number of nitrogens with two attached hydrogens (primary N) is 2. The molecule has 1 aliphatic carbocycles. The molecule has 42 heavy (non-hydrogen) atoms. The molecule has 1 saturated carbocycles.